The molecule has 0 unspecified atom stereocenters. The van der Waals surface area contributed by atoms with Gasteiger partial charge in [0.25, 0.3) is 0 Å². The van der Waals surface area contributed by atoms with E-state index in [-0.39, 0.29) is 11.3 Å². The van der Waals surface area contributed by atoms with Crippen LogP contribution in [0.3, 0.4) is 0 Å². The van der Waals surface area contributed by atoms with Crippen LogP contribution in [0, 0.1) is 0 Å². The number of aliphatic imine (C=N–C) groups is 1. The van der Waals surface area contributed by atoms with E-state index < -0.39 is 11.9 Å². The van der Waals surface area contributed by atoms with E-state index in [0.29, 0.717) is 22.0 Å². The van der Waals surface area contributed by atoms with Gasteiger partial charge in [-0.15, -0.1) is 0 Å². The van der Waals surface area contributed by atoms with Gasteiger partial charge in [0.15, 0.2) is 11.5 Å². The summed E-state index contributed by atoms with van der Waals surface area (Å²) in [6.07, 6.45) is 4.52. The molecule has 1 N–H and O–H groups in total. The number of carboxylic acid groups (broad SMARTS) is 1. The summed E-state index contributed by atoms with van der Waals surface area (Å²) in [6.45, 7) is 0. The molecule has 0 heterocycles. The van der Waals surface area contributed by atoms with Gasteiger partial charge in [-0.2, -0.15) is 0 Å². The van der Waals surface area contributed by atoms with Gasteiger partial charge in [-0.1, -0.05) is 23.7 Å². The van der Waals surface area contributed by atoms with Crippen LogP contribution in [-0.2, 0) is 4.79 Å². The summed E-state index contributed by atoms with van der Waals surface area (Å²) < 4.78 is 10.7. The fourth-order valence-corrected chi connectivity index (χ4v) is 2.80. The summed E-state index contributed by atoms with van der Waals surface area (Å²) in [4.78, 5) is 27.4. The average molecular weight is 436 g/mol. The summed E-state index contributed by atoms with van der Waals surface area (Å²) in [7, 11) is 1.47. The molecule has 0 atom stereocenters. The third kappa shape index (κ3) is 6.29. The Kier molecular flexibility index (Phi) is 7.19. The predicted molar refractivity (Wildman–Crippen MR) is 120 cm³/mol. The van der Waals surface area contributed by atoms with Crippen molar-refractivity contribution in [3.8, 4) is 11.5 Å². The Morgan fingerprint density at radius 1 is 0.968 bits per heavy atom. The van der Waals surface area contributed by atoms with Crippen LogP contribution in [0.25, 0.3) is 6.08 Å². The Morgan fingerprint density at radius 3 is 2.42 bits per heavy atom. The summed E-state index contributed by atoms with van der Waals surface area (Å²) in [5, 5.41) is 9.51. The van der Waals surface area contributed by atoms with Crippen molar-refractivity contribution in [3.05, 3.63) is 94.5 Å². The molecule has 31 heavy (non-hydrogen) atoms. The van der Waals surface area contributed by atoms with Gasteiger partial charge in [0.1, 0.15) is 0 Å². The molecule has 0 bridgehead atoms. The van der Waals surface area contributed by atoms with Crippen molar-refractivity contribution in [2.75, 3.05) is 7.11 Å². The van der Waals surface area contributed by atoms with Crippen molar-refractivity contribution in [1.82, 2.24) is 0 Å². The highest BCUT2D eigenvalue weighted by Crippen LogP contribution is 2.28. The minimum absolute atomic E-state index is 0.191. The number of hydrogen-bond acceptors (Lipinski definition) is 5. The molecule has 6 nitrogen and oxygen atoms in total. The molecule has 0 aliphatic rings. The number of benzene rings is 3. The van der Waals surface area contributed by atoms with Gasteiger partial charge in [0.2, 0.25) is 0 Å². The molecule has 156 valence electrons. The Morgan fingerprint density at radius 2 is 1.74 bits per heavy atom. The van der Waals surface area contributed by atoms with E-state index in [9.17, 15) is 9.59 Å². The maximum atomic E-state index is 12.1. The number of methoxy groups -OCH3 is 1. The molecule has 3 aromatic rings. The molecule has 0 fully saturated rings. The van der Waals surface area contributed by atoms with E-state index in [4.69, 9.17) is 26.2 Å². The lowest BCUT2D eigenvalue weighted by molar-refractivity contribution is -0.129. The second-order valence-corrected chi connectivity index (χ2v) is 6.77. The van der Waals surface area contributed by atoms with Crippen LogP contribution in [0.15, 0.2) is 77.8 Å². The van der Waals surface area contributed by atoms with Gasteiger partial charge in [0.05, 0.1) is 18.4 Å². The maximum Gasteiger partial charge on any atom is 0.336 e. The monoisotopic (exact) mass is 435 g/mol. The quantitative estimate of drug-likeness (QED) is 0.232. The largest absolute Gasteiger partial charge is 0.493 e. The number of halogens is 1. The molecule has 0 spiro atoms. The van der Waals surface area contributed by atoms with Crippen LogP contribution in [0.2, 0.25) is 5.02 Å². The van der Waals surface area contributed by atoms with Crippen LogP contribution in [0.4, 0.5) is 5.69 Å². The van der Waals surface area contributed by atoms with E-state index in [0.717, 1.165) is 5.56 Å². The van der Waals surface area contributed by atoms with E-state index >= 15 is 0 Å². The third-order valence-corrected chi connectivity index (χ3v) is 4.37. The summed E-state index contributed by atoms with van der Waals surface area (Å²) in [6, 6.07) is 18.3. The van der Waals surface area contributed by atoms with E-state index in [1.54, 1.807) is 60.8 Å². The van der Waals surface area contributed by atoms with Gasteiger partial charge >= 0.3 is 11.9 Å². The molecule has 0 radical (unpaired) electrons. The van der Waals surface area contributed by atoms with Gasteiger partial charge in [-0.25, -0.2) is 9.59 Å². The SMILES string of the molecule is COc1cc(/C=N/c2ccc(C(=O)O)cc2)ccc1OC(=O)/C=C/c1cccc(Cl)c1. The van der Waals surface area contributed by atoms with Crippen molar-refractivity contribution < 1.29 is 24.2 Å². The maximum absolute atomic E-state index is 12.1. The molecule has 0 saturated heterocycles. The fraction of sp³-hybridized carbons (Fsp3) is 0.0417. The average Bonchev–Trinajstić information content (AvgIpc) is 2.77. The zero-order chi connectivity index (χ0) is 22.2. The number of aromatic carboxylic acids is 1. The Bertz CT molecular complexity index is 1150. The first kappa shape index (κ1) is 21.8. The highest BCUT2D eigenvalue weighted by molar-refractivity contribution is 6.30. The molecule has 0 amide bonds. The predicted octanol–water partition coefficient (Wildman–Crippen LogP) is 5.42. The van der Waals surface area contributed by atoms with Crippen molar-refractivity contribution in [1.29, 1.82) is 0 Å². The smallest absolute Gasteiger partial charge is 0.336 e. The van der Waals surface area contributed by atoms with Crippen LogP contribution < -0.4 is 9.47 Å². The lowest BCUT2D eigenvalue weighted by Crippen LogP contribution is -2.05. The molecule has 3 aromatic carbocycles. The molecular formula is C24H18ClNO5. The minimum atomic E-state index is -0.993. The second kappa shape index (κ2) is 10.2. The van der Waals surface area contributed by atoms with Crippen LogP contribution in [0.1, 0.15) is 21.5 Å². The zero-order valence-corrected chi connectivity index (χ0v) is 17.2. The van der Waals surface area contributed by atoms with Crippen molar-refractivity contribution in [2.45, 2.75) is 0 Å². The Hall–Kier alpha value is -3.90. The van der Waals surface area contributed by atoms with E-state index in [2.05, 4.69) is 4.99 Å². The molecular weight excluding hydrogens is 418 g/mol. The highest BCUT2D eigenvalue weighted by atomic mass is 35.5. The van der Waals surface area contributed by atoms with E-state index in [1.807, 2.05) is 6.07 Å². The molecule has 3 rings (SSSR count). The van der Waals surface area contributed by atoms with E-state index in [1.165, 1.54) is 25.3 Å². The Balaban J connectivity index is 1.69. The number of hydrogen-bond donors (Lipinski definition) is 1. The second-order valence-electron chi connectivity index (χ2n) is 6.33. The number of ether oxygens (including phenoxy) is 2. The molecule has 0 aromatic heterocycles. The van der Waals surface area contributed by atoms with Gasteiger partial charge in [0, 0.05) is 17.3 Å². The third-order valence-electron chi connectivity index (χ3n) is 4.14. The van der Waals surface area contributed by atoms with Crippen molar-refractivity contribution in [3.63, 3.8) is 0 Å². The first-order valence-corrected chi connectivity index (χ1v) is 9.53. The number of carbonyl (C=O) groups excluding carboxylic acids is 1. The zero-order valence-electron chi connectivity index (χ0n) is 16.5. The first-order valence-electron chi connectivity index (χ1n) is 9.15. The summed E-state index contributed by atoms with van der Waals surface area (Å²) in [5.74, 6) is -0.910. The molecule has 7 heteroatoms. The van der Waals surface area contributed by atoms with Crippen molar-refractivity contribution >= 4 is 41.5 Å². The number of esters is 1. The van der Waals surface area contributed by atoms with Gasteiger partial charge in [-0.3, -0.25) is 4.99 Å². The number of carboxylic acids is 1. The molecule has 0 aliphatic heterocycles. The number of rotatable bonds is 7. The number of nitrogens with zero attached hydrogens (tertiary/aromatic N) is 1. The minimum Gasteiger partial charge on any atom is -0.493 e. The van der Waals surface area contributed by atoms with Crippen molar-refractivity contribution in [2.24, 2.45) is 4.99 Å². The normalized spacial score (nSPS) is 11.0. The fourth-order valence-electron chi connectivity index (χ4n) is 2.60. The lowest BCUT2D eigenvalue weighted by atomic mass is 10.2. The highest BCUT2D eigenvalue weighted by Gasteiger charge is 2.09. The topological polar surface area (TPSA) is 85.2 Å². The lowest BCUT2D eigenvalue weighted by Gasteiger charge is -2.08. The van der Waals surface area contributed by atoms with Gasteiger partial charge in [-0.05, 0) is 71.8 Å². The Labute approximate surface area is 184 Å². The molecule has 0 saturated carbocycles. The van der Waals surface area contributed by atoms with Gasteiger partial charge < -0.3 is 14.6 Å². The van der Waals surface area contributed by atoms with Crippen LogP contribution in [-0.4, -0.2) is 30.4 Å². The summed E-state index contributed by atoms with van der Waals surface area (Å²) in [5.41, 5.74) is 2.29. The first-order chi connectivity index (χ1) is 14.9. The standard InChI is InChI=1S/C24H18ClNO5/c1-30-22-14-17(15-26-20-9-7-18(8-10-20)24(28)29)5-11-21(22)31-23(27)12-6-16-3-2-4-19(25)13-16/h2-15H,1H3,(H,28,29)/b12-6+,26-15+. The van der Waals surface area contributed by atoms with Crippen LogP contribution >= 0.6 is 11.6 Å². The van der Waals surface area contributed by atoms with Crippen LogP contribution in [0.5, 0.6) is 11.5 Å². The molecule has 0 aliphatic carbocycles. The number of carbonyl (C=O) groups is 2. The summed E-state index contributed by atoms with van der Waals surface area (Å²) >= 11 is 5.93.